The average Bonchev–Trinajstić information content (AvgIpc) is 2.46. The monoisotopic (exact) mass is 332 g/mol. The zero-order valence-electron chi connectivity index (χ0n) is 14.7. The highest BCUT2D eigenvalue weighted by Gasteiger charge is 2.23. The van der Waals surface area contributed by atoms with Gasteiger partial charge in [0.25, 0.3) is 0 Å². The Morgan fingerprint density at radius 3 is 2.30 bits per heavy atom. The lowest BCUT2D eigenvalue weighted by molar-refractivity contribution is 0.0235. The second kappa shape index (κ2) is 10.8. The molecule has 0 aliphatic carbocycles. The van der Waals surface area contributed by atoms with Gasteiger partial charge >= 0.3 is 6.09 Å². The Morgan fingerprint density at radius 2 is 1.74 bits per heavy atom. The van der Waals surface area contributed by atoms with Crippen LogP contribution in [-0.4, -0.2) is 80.4 Å². The van der Waals surface area contributed by atoms with Gasteiger partial charge in [0, 0.05) is 25.7 Å². The smallest absolute Gasteiger partial charge is 0.407 e. The molecule has 23 heavy (non-hydrogen) atoms. The highest BCUT2D eigenvalue weighted by molar-refractivity contribution is 5.68. The lowest BCUT2D eigenvalue weighted by Crippen LogP contribution is -2.46. The van der Waals surface area contributed by atoms with E-state index in [-0.39, 0.29) is 18.7 Å². The molecule has 0 atom stereocenters. The molecule has 7 nitrogen and oxygen atoms in total. The molecule has 0 radical (unpaired) electrons. The van der Waals surface area contributed by atoms with E-state index < -0.39 is 5.60 Å². The van der Waals surface area contributed by atoms with Crippen LogP contribution in [0.2, 0.25) is 0 Å². The molecule has 0 aromatic carbocycles. The zero-order chi connectivity index (χ0) is 17.1. The lowest BCUT2D eigenvalue weighted by atomic mass is 10.1. The van der Waals surface area contributed by atoms with Crippen molar-refractivity contribution < 1.29 is 24.1 Å². The van der Waals surface area contributed by atoms with Crippen molar-refractivity contribution >= 4 is 6.09 Å². The van der Waals surface area contributed by atoms with Crippen molar-refractivity contribution in [3.63, 3.8) is 0 Å². The molecule has 1 aliphatic heterocycles. The number of likely N-dealkylation sites (tertiary alicyclic amines) is 1. The molecular formula is C16H32N2O5. The third-order valence-electron chi connectivity index (χ3n) is 3.47. The van der Waals surface area contributed by atoms with Gasteiger partial charge in [-0.2, -0.15) is 0 Å². The Balaban J connectivity index is 2.03. The second-order valence-corrected chi connectivity index (χ2v) is 6.71. The molecule has 1 saturated heterocycles. The Labute approximate surface area is 139 Å². The number of hydrogen-bond acceptors (Lipinski definition) is 6. The molecule has 0 aromatic rings. The van der Waals surface area contributed by atoms with Gasteiger partial charge in [-0.3, -0.25) is 0 Å². The molecule has 0 aromatic heterocycles. The zero-order valence-corrected chi connectivity index (χ0v) is 14.7. The maximum absolute atomic E-state index is 11.7. The lowest BCUT2D eigenvalue weighted by Gasteiger charge is -2.32. The van der Waals surface area contributed by atoms with E-state index in [9.17, 15) is 4.79 Å². The standard InChI is InChI=1S/C16H32N2O5/c1-16(2,3)23-15(20)17-14-4-6-18(7-5-14)8-10-21-12-13-22-11-9-19/h14,19H,4-13H2,1-3H3,(H,17,20). The summed E-state index contributed by atoms with van der Waals surface area (Å²) in [6, 6.07) is 0.189. The van der Waals surface area contributed by atoms with Crippen molar-refractivity contribution in [2.75, 3.05) is 52.7 Å². The van der Waals surface area contributed by atoms with E-state index in [2.05, 4.69) is 10.2 Å². The van der Waals surface area contributed by atoms with Crippen LogP contribution in [0.15, 0.2) is 0 Å². The molecule has 1 fully saturated rings. The molecular weight excluding hydrogens is 300 g/mol. The van der Waals surface area contributed by atoms with Crippen LogP contribution in [0.25, 0.3) is 0 Å². The van der Waals surface area contributed by atoms with Crippen molar-refractivity contribution in [2.45, 2.75) is 45.3 Å². The molecule has 0 saturated carbocycles. The summed E-state index contributed by atoms with van der Waals surface area (Å²) in [4.78, 5) is 14.1. The van der Waals surface area contributed by atoms with Gasteiger partial charge in [0.15, 0.2) is 0 Å². The van der Waals surface area contributed by atoms with Gasteiger partial charge in [-0.15, -0.1) is 0 Å². The van der Waals surface area contributed by atoms with Gasteiger partial charge in [0.1, 0.15) is 5.60 Å². The van der Waals surface area contributed by atoms with Crippen LogP contribution >= 0.6 is 0 Å². The maximum Gasteiger partial charge on any atom is 0.407 e. The third kappa shape index (κ3) is 10.5. The van der Waals surface area contributed by atoms with Crippen molar-refractivity contribution in [3.05, 3.63) is 0 Å². The minimum absolute atomic E-state index is 0.0479. The first-order valence-corrected chi connectivity index (χ1v) is 8.39. The van der Waals surface area contributed by atoms with Crippen LogP contribution < -0.4 is 5.32 Å². The summed E-state index contributed by atoms with van der Waals surface area (Å²) in [6.07, 6.45) is 1.53. The number of aliphatic hydroxyl groups is 1. The Morgan fingerprint density at radius 1 is 1.13 bits per heavy atom. The molecule has 0 unspecified atom stereocenters. The quantitative estimate of drug-likeness (QED) is 0.613. The second-order valence-electron chi connectivity index (χ2n) is 6.71. The number of nitrogens with zero attached hydrogens (tertiary/aromatic N) is 1. The van der Waals surface area contributed by atoms with Gasteiger partial charge in [-0.25, -0.2) is 4.79 Å². The van der Waals surface area contributed by atoms with Crippen molar-refractivity contribution in [2.24, 2.45) is 0 Å². The van der Waals surface area contributed by atoms with Crippen LogP contribution in [0.3, 0.4) is 0 Å². The normalized spacial score (nSPS) is 17.2. The van der Waals surface area contributed by atoms with Gasteiger partial charge in [-0.1, -0.05) is 0 Å². The summed E-state index contributed by atoms with van der Waals surface area (Å²) in [7, 11) is 0. The van der Waals surface area contributed by atoms with Crippen molar-refractivity contribution in [1.29, 1.82) is 0 Å². The van der Waals surface area contributed by atoms with Gasteiger partial charge in [-0.05, 0) is 33.6 Å². The number of aliphatic hydroxyl groups excluding tert-OH is 1. The van der Waals surface area contributed by atoms with E-state index in [1.165, 1.54) is 0 Å². The molecule has 0 spiro atoms. The van der Waals surface area contributed by atoms with Crippen LogP contribution in [0.1, 0.15) is 33.6 Å². The van der Waals surface area contributed by atoms with Crippen LogP contribution in [0.5, 0.6) is 0 Å². The summed E-state index contributed by atoms with van der Waals surface area (Å²) in [5.74, 6) is 0. The summed E-state index contributed by atoms with van der Waals surface area (Å²) >= 11 is 0. The van der Waals surface area contributed by atoms with Gasteiger partial charge in [0.05, 0.1) is 33.0 Å². The fraction of sp³-hybridized carbons (Fsp3) is 0.938. The topological polar surface area (TPSA) is 80.3 Å². The van der Waals surface area contributed by atoms with Crippen LogP contribution in [-0.2, 0) is 14.2 Å². The highest BCUT2D eigenvalue weighted by Crippen LogP contribution is 2.12. The van der Waals surface area contributed by atoms with Crippen LogP contribution in [0, 0.1) is 0 Å². The summed E-state index contributed by atoms with van der Waals surface area (Å²) in [6.45, 7) is 10.5. The predicted molar refractivity (Wildman–Crippen MR) is 87.6 cm³/mol. The molecule has 0 bridgehead atoms. The van der Waals surface area contributed by atoms with E-state index >= 15 is 0 Å². The van der Waals surface area contributed by atoms with Crippen molar-refractivity contribution in [3.8, 4) is 0 Å². The molecule has 1 heterocycles. The fourth-order valence-corrected chi connectivity index (χ4v) is 2.36. The SMILES string of the molecule is CC(C)(C)OC(=O)NC1CCN(CCOCCOCCO)CC1. The number of alkyl carbamates (subject to hydrolysis) is 1. The first kappa shape index (κ1) is 20.2. The minimum atomic E-state index is -0.455. The minimum Gasteiger partial charge on any atom is -0.444 e. The Bertz CT molecular complexity index is 325. The molecule has 7 heteroatoms. The Kier molecular flexibility index (Phi) is 9.47. The number of nitrogens with one attached hydrogen (secondary N) is 1. The van der Waals surface area contributed by atoms with E-state index in [1.54, 1.807) is 0 Å². The molecule has 1 aliphatic rings. The Hall–Kier alpha value is -0.890. The predicted octanol–water partition coefficient (Wildman–Crippen LogP) is 1.00. The van der Waals surface area contributed by atoms with E-state index in [0.717, 1.165) is 32.5 Å². The van der Waals surface area contributed by atoms with E-state index in [4.69, 9.17) is 19.3 Å². The summed E-state index contributed by atoms with van der Waals surface area (Å²) < 4.78 is 15.9. The number of carbonyl (C=O) groups is 1. The number of carbonyl (C=O) groups excluding carboxylic acids is 1. The summed E-state index contributed by atoms with van der Waals surface area (Å²) in [5.41, 5.74) is -0.455. The van der Waals surface area contributed by atoms with E-state index in [1.807, 2.05) is 20.8 Å². The molecule has 136 valence electrons. The highest BCUT2D eigenvalue weighted by atomic mass is 16.6. The number of piperidine rings is 1. The first-order chi connectivity index (χ1) is 10.9. The van der Waals surface area contributed by atoms with Crippen LogP contribution in [0.4, 0.5) is 4.79 Å². The number of hydrogen-bond donors (Lipinski definition) is 2. The fourth-order valence-electron chi connectivity index (χ4n) is 2.36. The first-order valence-electron chi connectivity index (χ1n) is 8.39. The van der Waals surface area contributed by atoms with Gasteiger partial charge < -0.3 is 29.5 Å². The van der Waals surface area contributed by atoms with E-state index in [0.29, 0.717) is 26.4 Å². The number of amides is 1. The van der Waals surface area contributed by atoms with Gasteiger partial charge in [0.2, 0.25) is 0 Å². The largest absolute Gasteiger partial charge is 0.444 e. The third-order valence-corrected chi connectivity index (χ3v) is 3.47. The molecule has 1 rings (SSSR count). The maximum atomic E-state index is 11.7. The average molecular weight is 332 g/mol. The number of ether oxygens (including phenoxy) is 3. The van der Waals surface area contributed by atoms with Crippen molar-refractivity contribution in [1.82, 2.24) is 10.2 Å². The molecule has 1 amide bonds. The summed E-state index contributed by atoms with van der Waals surface area (Å²) in [5, 5.41) is 11.5. The number of rotatable bonds is 9. The molecule has 2 N–H and O–H groups in total.